The Morgan fingerprint density at radius 1 is 1.12 bits per heavy atom. The second kappa shape index (κ2) is 10.6. The highest BCUT2D eigenvalue weighted by molar-refractivity contribution is 6.05. The summed E-state index contributed by atoms with van der Waals surface area (Å²) in [6, 6.07) is 14.3. The Kier molecular flexibility index (Phi) is 7.08. The molecule has 9 nitrogen and oxygen atoms in total. The van der Waals surface area contributed by atoms with E-state index in [2.05, 4.69) is 25.8 Å². The van der Waals surface area contributed by atoms with Crippen LogP contribution in [0.15, 0.2) is 60.8 Å². The first kappa shape index (κ1) is 28.6. The molecule has 2 unspecified atom stereocenters. The van der Waals surface area contributed by atoms with Gasteiger partial charge in [0, 0.05) is 29.8 Å². The third-order valence-electron chi connectivity index (χ3n) is 8.48. The SMILES string of the molecule is CC(C)(O)c1nnc2n1CC(c1cccc(F)c1F)CC[C@H]2NC(=O)c1ccc(CC2(C)C(=O)Nc3ncccc32)cc1. The van der Waals surface area contributed by atoms with Crippen LogP contribution in [0, 0.1) is 11.6 Å². The molecule has 0 fully saturated rings. The van der Waals surface area contributed by atoms with E-state index in [4.69, 9.17) is 0 Å². The summed E-state index contributed by atoms with van der Waals surface area (Å²) in [6.45, 7) is 5.25. The molecular formula is C32H32F2N6O3. The van der Waals surface area contributed by atoms with Crippen LogP contribution in [0.3, 0.4) is 0 Å². The summed E-state index contributed by atoms with van der Waals surface area (Å²) >= 11 is 0. The molecule has 3 N–H and O–H groups in total. The third kappa shape index (κ3) is 5.18. The molecular weight excluding hydrogens is 554 g/mol. The summed E-state index contributed by atoms with van der Waals surface area (Å²) < 4.78 is 30.6. The van der Waals surface area contributed by atoms with Gasteiger partial charge < -0.3 is 20.3 Å². The number of anilines is 1. The van der Waals surface area contributed by atoms with Gasteiger partial charge in [-0.1, -0.05) is 30.3 Å². The van der Waals surface area contributed by atoms with Crippen LogP contribution in [0.1, 0.15) is 84.3 Å². The molecule has 0 bridgehead atoms. The van der Waals surface area contributed by atoms with Crippen LogP contribution in [-0.2, 0) is 28.8 Å². The van der Waals surface area contributed by atoms with Crippen LogP contribution in [0.5, 0.6) is 0 Å². The number of nitrogens with one attached hydrogen (secondary N) is 2. The lowest BCUT2D eigenvalue weighted by Gasteiger charge is -2.22. The number of nitrogens with zero attached hydrogens (tertiary/aromatic N) is 4. The molecule has 11 heteroatoms. The highest BCUT2D eigenvalue weighted by Gasteiger charge is 2.43. The standard InChI is InChI=1S/C32H32F2N6O3/c1-31(2,43)29-39-38-27-24(14-13-20(17-40(27)29)21-6-4-8-23(33)25(21)34)36-28(41)19-11-9-18(10-12-19)16-32(3)22-7-5-15-35-26(22)37-30(32)42/h4-12,15,20,24,43H,13-14,16-17H2,1-3H3,(H,36,41)(H,35,37,42)/t20?,24-,32?/m1/s1. The monoisotopic (exact) mass is 586 g/mol. The summed E-state index contributed by atoms with van der Waals surface area (Å²) in [5, 5.41) is 25.2. The lowest BCUT2D eigenvalue weighted by atomic mass is 9.79. The van der Waals surface area contributed by atoms with E-state index in [0.717, 1.165) is 17.2 Å². The number of carbonyl (C=O) groups is 2. The van der Waals surface area contributed by atoms with Crippen molar-refractivity contribution >= 4 is 17.6 Å². The zero-order valence-electron chi connectivity index (χ0n) is 24.1. The molecule has 4 aromatic rings. The number of aromatic nitrogens is 4. The number of carbonyl (C=O) groups excluding carboxylic acids is 2. The lowest BCUT2D eigenvalue weighted by molar-refractivity contribution is -0.120. The number of rotatable bonds is 6. The summed E-state index contributed by atoms with van der Waals surface area (Å²) in [7, 11) is 0. The molecule has 2 aromatic carbocycles. The van der Waals surface area contributed by atoms with E-state index in [1.807, 2.05) is 25.1 Å². The predicted molar refractivity (Wildman–Crippen MR) is 154 cm³/mol. The summed E-state index contributed by atoms with van der Waals surface area (Å²) in [5.74, 6) is -1.44. The lowest BCUT2D eigenvalue weighted by Crippen LogP contribution is -2.33. The highest BCUT2D eigenvalue weighted by Crippen LogP contribution is 2.39. The fourth-order valence-electron chi connectivity index (χ4n) is 6.16. The van der Waals surface area contributed by atoms with Crippen molar-refractivity contribution in [1.29, 1.82) is 0 Å². The normalized spacial score (nSPS) is 21.5. The van der Waals surface area contributed by atoms with Gasteiger partial charge in [-0.05, 0) is 75.4 Å². The number of hydrogen-bond donors (Lipinski definition) is 3. The predicted octanol–water partition coefficient (Wildman–Crippen LogP) is 4.68. The van der Waals surface area contributed by atoms with Crippen molar-refractivity contribution in [2.45, 2.75) is 69.6 Å². The number of aliphatic hydroxyl groups is 1. The van der Waals surface area contributed by atoms with Gasteiger partial charge in [0.05, 0.1) is 11.5 Å². The zero-order valence-corrected chi connectivity index (χ0v) is 24.1. The van der Waals surface area contributed by atoms with Gasteiger partial charge >= 0.3 is 0 Å². The number of benzene rings is 2. The van der Waals surface area contributed by atoms with Crippen molar-refractivity contribution in [3.05, 3.63) is 106 Å². The average molecular weight is 587 g/mol. The van der Waals surface area contributed by atoms with Crippen molar-refractivity contribution in [2.75, 3.05) is 5.32 Å². The van der Waals surface area contributed by atoms with Crippen LogP contribution in [0.25, 0.3) is 0 Å². The first-order valence-electron chi connectivity index (χ1n) is 14.2. The molecule has 0 radical (unpaired) electrons. The molecule has 2 amide bonds. The van der Waals surface area contributed by atoms with Gasteiger partial charge in [0.25, 0.3) is 5.91 Å². The van der Waals surface area contributed by atoms with E-state index in [1.54, 1.807) is 48.9 Å². The second-order valence-corrected chi connectivity index (χ2v) is 12.1. The highest BCUT2D eigenvalue weighted by atomic mass is 19.2. The minimum absolute atomic E-state index is 0.123. The van der Waals surface area contributed by atoms with E-state index in [0.29, 0.717) is 36.5 Å². The van der Waals surface area contributed by atoms with Gasteiger partial charge in [0.2, 0.25) is 5.91 Å². The molecule has 4 heterocycles. The fraction of sp³-hybridized carbons (Fsp3) is 0.344. The third-order valence-corrected chi connectivity index (χ3v) is 8.48. The van der Waals surface area contributed by atoms with Crippen LogP contribution in [0.4, 0.5) is 14.6 Å². The minimum atomic E-state index is -1.35. The number of halogens is 2. The Labute approximate surface area is 247 Å². The van der Waals surface area contributed by atoms with Crippen molar-refractivity contribution < 1.29 is 23.5 Å². The van der Waals surface area contributed by atoms with Gasteiger partial charge in [-0.25, -0.2) is 13.8 Å². The molecule has 0 aliphatic carbocycles. The van der Waals surface area contributed by atoms with Crippen molar-refractivity contribution in [3.63, 3.8) is 0 Å². The van der Waals surface area contributed by atoms with Gasteiger partial charge in [0.1, 0.15) is 11.4 Å². The maximum atomic E-state index is 14.8. The Hall–Kier alpha value is -4.51. The van der Waals surface area contributed by atoms with Crippen LogP contribution in [-0.4, -0.2) is 36.7 Å². The van der Waals surface area contributed by atoms with E-state index < -0.39 is 34.6 Å². The minimum Gasteiger partial charge on any atom is -0.382 e. The molecule has 2 aliphatic rings. The fourth-order valence-corrected chi connectivity index (χ4v) is 6.16. The Balaban J connectivity index is 1.23. The van der Waals surface area contributed by atoms with E-state index in [-0.39, 0.29) is 29.7 Å². The first-order chi connectivity index (χ1) is 20.5. The van der Waals surface area contributed by atoms with Gasteiger partial charge in [-0.2, -0.15) is 0 Å². The Bertz CT molecular complexity index is 1720. The summed E-state index contributed by atoms with van der Waals surface area (Å²) in [4.78, 5) is 30.5. The Morgan fingerprint density at radius 2 is 1.88 bits per heavy atom. The van der Waals surface area contributed by atoms with Crippen LogP contribution >= 0.6 is 0 Å². The quantitative estimate of drug-likeness (QED) is 0.302. The first-order valence-corrected chi connectivity index (χ1v) is 14.2. The van der Waals surface area contributed by atoms with Crippen LogP contribution in [0.2, 0.25) is 0 Å². The average Bonchev–Trinajstić information content (AvgIpc) is 3.44. The van der Waals surface area contributed by atoms with Gasteiger partial charge in [0.15, 0.2) is 23.3 Å². The van der Waals surface area contributed by atoms with Gasteiger partial charge in [-0.15, -0.1) is 10.2 Å². The largest absolute Gasteiger partial charge is 0.382 e. The number of fused-ring (bicyclic) bond motifs is 2. The molecule has 43 heavy (non-hydrogen) atoms. The molecule has 0 spiro atoms. The molecule has 2 aliphatic heterocycles. The Morgan fingerprint density at radius 3 is 2.63 bits per heavy atom. The van der Waals surface area contributed by atoms with Gasteiger partial charge in [-0.3, -0.25) is 9.59 Å². The topological polar surface area (TPSA) is 122 Å². The zero-order chi connectivity index (χ0) is 30.5. The smallest absolute Gasteiger partial charge is 0.251 e. The van der Waals surface area contributed by atoms with E-state index in [9.17, 15) is 23.5 Å². The van der Waals surface area contributed by atoms with Crippen molar-refractivity contribution in [2.24, 2.45) is 0 Å². The molecule has 6 rings (SSSR count). The molecule has 2 aromatic heterocycles. The van der Waals surface area contributed by atoms with Crippen molar-refractivity contribution in [1.82, 2.24) is 25.1 Å². The molecule has 222 valence electrons. The second-order valence-electron chi connectivity index (χ2n) is 12.1. The number of pyridine rings is 1. The number of amides is 2. The molecule has 3 atom stereocenters. The summed E-state index contributed by atoms with van der Waals surface area (Å²) in [5.41, 5.74) is 0.225. The summed E-state index contributed by atoms with van der Waals surface area (Å²) in [6.07, 6.45) is 2.91. The van der Waals surface area contributed by atoms with Crippen molar-refractivity contribution in [3.8, 4) is 0 Å². The van der Waals surface area contributed by atoms with E-state index in [1.165, 1.54) is 6.07 Å². The van der Waals surface area contributed by atoms with E-state index >= 15 is 0 Å². The molecule has 0 saturated carbocycles. The molecule has 0 saturated heterocycles. The van der Waals surface area contributed by atoms with Crippen LogP contribution < -0.4 is 10.6 Å². The maximum Gasteiger partial charge on any atom is 0.251 e. The number of hydrogen-bond acceptors (Lipinski definition) is 6. The maximum absolute atomic E-state index is 14.8.